The fourth-order valence-electron chi connectivity index (χ4n) is 1.36. The van der Waals surface area contributed by atoms with Gasteiger partial charge in [0, 0.05) is 5.02 Å². The summed E-state index contributed by atoms with van der Waals surface area (Å²) in [5.41, 5.74) is 0. The summed E-state index contributed by atoms with van der Waals surface area (Å²) in [6.45, 7) is 0. The van der Waals surface area contributed by atoms with E-state index in [0.29, 0.717) is 19.8 Å². The van der Waals surface area contributed by atoms with Crippen LogP contribution in [0.3, 0.4) is 0 Å². The molecule has 1 aromatic carbocycles. The Hall–Kier alpha value is -0.680. The SMILES string of the molecule is O=C(CS(=O)c1cc(Cl)ccc1Cl)c1cccs1. The minimum Gasteiger partial charge on any atom is -0.292 e. The van der Waals surface area contributed by atoms with Gasteiger partial charge in [0.15, 0.2) is 5.78 Å². The van der Waals surface area contributed by atoms with E-state index in [4.69, 9.17) is 23.2 Å². The Labute approximate surface area is 121 Å². The molecule has 2 rings (SSSR count). The van der Waals surface area contributed by atoms with Gasteiger partial charge in [-0.05, 0) is 29.6 Å². The zero-order valence-corrected chi connectivity index (χ0v) is 12.2. The Kier molecular flexibility index (Phi) is 4.56. The summed E-state index contributed by atoms with van der Waals surface area (Å²) in [4.78, 5) is 12.8. The van der Waals surface area contributed by atoms with E-state index >= 15 is 0 Å². The van der Waals surface area contributed by atoms with Gasteiger partial charge in [0.2, 0.25) is 0 Å². The minimum absolute atomic E-state index is 0.0828. The van der Waals surface area contributed by atoms with Gasteiger partial charge in [-0.2, -0.15) is 0 Å². The van der Waals surface area contributed by atoms with Crippen LogP contribution in [0.25, 0.3) is 0 Å². The molecule has 0 radical (unpaired) electrons. The minimum atomic E-state index is -1.48. The van der Waals surface area contributed by atoms with Gasteiger partial charge < -0.3 is 0 Å². The Morgan fingerprint density at radius 3 is 2.72 bits per heavy atom. The summed E-state index contributed by atoms with van der Waals surface area (Å²) in [6, 6.07) is 8.22. The van der Waals surface area contributed by atoms with Gasteiger partial charge in [0.25, 0.3) is 0 Å². The molecule has 0 aliphatic carbocycles. The molecule has 1 unspecified atom stereocenters. The first-order chi connectivity index (χ1) is 8.58. The Balaban J connectivity index is 2.17. The number of thiophene rings is 1. The van der Waals surface area contributed by atoms with Gasteiger partial charge in [-0.1, -0.05) is 29.3 Å². The molecular weight excluding hydrogens is 311 g/mol. The molecule has 94 valence electrons. The van der Waals surface area contributed by atoms with Crippen LogP contribution in [0.5, 0.6) is 0 Å². The summed E-state index contributed by atoms with van der Waals surface area (Å²) >= 11 is 13.1. The first kappa shape index (κ1) is 13.7. The van der Waals surface area contributed by atoms with Gasteiger partial charge in [0.05, 0.1) is 31.3 Å². The molecule has 6 heteroatoms. The van der Waals surface area contributed by atoms with Crippen molar-refractivity contribution in [2.45, 2.75) is 4.90 Å². The van der Waals surface area contributed by atoms with Crippen molar-refractivity contribution in [3.63, 3.8) is 0 Å². The van der Waals surface area contributed by atoms with Crippen LogP contribution in [0.2, 0.25) is 10.0 Å². The number of hydrogen-bond acceptors (Lipinski definition) is 3. The summed E-state index contributed by atoms with van der Waals surface area (Å²) in [5, 5.41) is 2.62. The van der Waals surface area contributed by atoms with Gasteiger partial charge in [-0.3, -0.25) is 9.00 Å². The third-order valence-corrected chi connectivity index (χ3v) is 5.14. The van der Waals surface area contributed by atoms with Gasteiger partial charge in [0.1, 0.15) is 0 Å². The van der Waals surface area contributed by atoms with Crippen molar-refractivity contribution in [2.75, 3.05) is 5.75 Å². The van der Waals surface area contributed by atoms with Crippen molar-refractivity contribution in [1.82, 2.24) is 0 Å². The second kappa shape index (κ2) is 5.97. The predicted molar refractivity (Wildman–Crippen MR) is 76.4 cm³/mol. The highest BCUT2D eigenvalue weighted by atomic mass is 35.5. The van der Waals surface area contributed by atoms with Crippen molar-refractivity contribution in [2.24, 2.45) is 0 Å². The zero-order valence-electron chi connectivity index (χ0n) is 9.06. The third kappa shape index (κ3) is 3.20. The maximum Gasteiger partial charge on any atom is 0.185 e. The number of hydrogen-bond donors (Lipinski definition) is 0. The summed E-state index contributed by atoms with van der Waals surface area (Å²) in [7, 11) is -1.48. The first-order valence-corrected chi connectivity index (χ1v) is 7.93. The quantitative estimate of drug-likeness (QED) is 0.797. The van der Waals surface area contributed by atoms with Crippen molar-refractivity contribution < 1.29 is 9.00 Å². The van der Waals surface area contributed by atoms with E-state index in [2.05, 4.69) is 0 Å². The molecule has 0 N–H and O–H groups in total. The lowest BCUT2D eigenvalue weighted by Crippen LogP contribution is -2.10. The van der Waals surface area contributed by atoms with Crippen LogP contribution in [0, 0.1) is 0 Å². The molecule has 18 heavy (non-hydrogen) atoms. The number of benzene rings is 1. The molecule has 0 fully saturated rings. The monoisotopic (exact) mass is 318 g/mol. The normalized spacial score (nSPS) is 12.3. The number of carbonyl (C=O) groups is 1. The average Bonchev–Trinajstić information content (AvgIpc) is 2.85. The molecule has 2 aromatic rings. The largest absolute Gasteiger partial charge is 0.292 e. The molecule has 0 bridgehead atoms. The Morgan fingerprint density at radius 1 is 1.28 bits per heavy atom. The van der Waals surface area contributed by atoms with E-state index in [9.17, 15) is 9.00 Å². The molecule has 1 heterocycles. The topological polar surface area (TPSA) is 34.1 Å². The average molecular weight is 319 g/mol. The standard InChI is InChI=1S/C12H8Cl2O2S2/c13-8-3-4-9(14)12(6-8)18(16)7-10(15)11-2-1-5-17-11/h1-6H,7H2. The summed E-state index contributed by atoms with van der Waals surface area (Å²) in [5.74, 6) is -0.236. The van der Waals surface area contributed by atoms with Crippen molar-refractivity contribution in [1.29, 1.82) is 0 Å². The fourth-order valence-corrected chi connectivity index (χ4v) is 3.82. The Bertz CT molecular complexity index is 594. The second-order valence-electron chi connectivity index (χ2n) is 3.47. The van der Waals surface area contributed by atoms with Crippen LogP contribution < -0.4 is 0 Å². The smallest absolute Gasteiger partial charge is 0.185 e. The molecule has 2 nitrogen and oxygen atoms in total. The van der Waals surface area contributed by atoms with Crippen molar-refractivity contribution in [3.05, 3.63) is 50.6 Å². The van der Waals surface area contributed by atoms with Crippen LogP contribution in [-0.2, 0) is 10.8 Å². The van der Waals surface area contributed by atoms with E-state index in [1.54, 1.807) is 24.3 Å². The highest BCUT2D eigenvalue weighted by Crippen LogP contribution is 2.24. The van der Waals surface area contributed by atoms with E-state index in [1.165, 1.54) is 17.4 Å². The number of ketones is 1. The van der Waals surface area contributed by atoms with E-state index in [0.717, 1.165) is 0 Å². The van der Waals surface area contributed by atoms with Crippen LogP contribution in [0.15, 0.2) is 40.6 Å². The van der Waals surface area contributed by atoms with Crippen LogP contribution >= 0.6 is 34.5 Å². The molecule has 0 amide bonds. The second-order valence-corrected chi connectivity index (χ2v) is 6.68. The first-order valence-electron chi connectivity index (χ1n) is 4.98. The molecule has 0 aliphatic heterocycles. The number of carbonyl (C=O) groups excluding carboxylic acids is 1. The lowest BCUT2D eigenvalue weighted by Gasteiger charge is -2.04. The lowest BCUT2D eigenvalue weighted by atomic mass is 10.3. The van der Waals surface area contributed by atoms with Gasteiger partial charge in [-0.15, -0.1) is 11.3 Å². The number of rotatable bonds is 4. The van der Waals surface area contributed by atoms with Crippen molar-refractivity contribution in [3.8, 4) is 0 Å². The molecule has 1 atom stereocenters. The van der Waals surface area contributed by atoms with Crippen LogP contribution in [-0.4, -0.2) is 15.7 Å². The Morgan fingerprint density at radius 2 is 2.06 bits per heavy atom. The van der Waals surface area contributed by atoms with E-state index in [-0.39, 0.29) is 11.5 Å². The number of Topliss-reactive ketones (excluding diaryl/α,β-unsaturated/α-hetero) is 1. The van der Waals surface area contributed by atoms with Gasteiger partial charge >= 0.3 is 0 Å². The zero-order chi connectivity index (χ0) is 13.1. The molecule has 0 saturated carbocycles. The summed E-state index contributed by atoms with van der Waals surface area (Å²) in [6.07, 6.45) is 0. The molecule has 0 aliphatic rings. The molecule has 0 saturated heterocycles. The highest BCUT2D eigenvalue weighted by Gasteiger charge is 2.15. The third-order valence-electron chi connectivity index (χ3n) is 2.20. The van der Waals surface area contributed by atoms with E-state index in [1.807, 2.05) is 5.38 Å². The maximum atomic E-state index is 12.1. The summed E-state index contributed by atoms with van der Waals surface area (Å²) < 4.78 is 12.1. The highest BCUT2D eigenvalue weighted by molar-refractivity contribution is 7.86. The van der Waals surface area contributed by atoms with Gasteiger partial charge in [-0.25, -0.2) is 0 Å². The maximum absolute atomic E-state index is 12.1. The molecular formula is C12H8Cl2O2S2. The lowest BCUT2D eigenvalue weighted by molar-refractivity contribution is 0.102. The van der Waals surface area contributed by atoms with Crippen molar-refractivity contribution >= 4 is 51.1 Å². The van der Waals surface area contributed by atoms with Crippen LogP contribution in [0.1, 0.15) is 9.67 Å². The predicted octanol–water partition coefficient (Wildman–Crippen LogP) is 4.05. The fraction of sp³-hybridized carbons (Fsp3) is 0.0833. The number of halogens is 2. The van der Waals surface area contributed by atoms with Crippen LogP contribution in [0.4, 0.5) is 0 Å². The molecule has 1 aromatic heterocycles. The molecule has 0 spiro atoms. The van der Waals surface area contributed by atoms with E-state index < -0.39 is 10.8 Å².